The summed E-state index contributed by atoms with van der Waals surface area (Å²) in [4.78, 5) is 22.8. The van der Waals surface area contributed by atoms with Gasteiger partial charge in [-0.15, -0.1) is 0 Å². The van der Waals surface area contributed by atoms with Crippen molar-refractivity contribution in [2.45, 2.75) is 11.8 Å². The van der Waals surface area contributed by atoms with Crippen molar-refractivity contribution in [2.75, 3.05) is 13.1 Å². The smallest absolute Gasteiger partial charge is 0.317 e. The molecule has 0 aliphatic carbocycles. The molecular weight excluding hydrogens is 220 g/mol. The molecule has 17 heavy (non-hydrogen) atoms. The average Bonchev–Trinajstić information content (AvgIpc) is 2.98. The zero-order valence-electron chi connectivity index (χ0n) is 9.10. The molecule has 88 valence electrons. The van der Waals surface area contributed by atoms with Gasteiger partial charge >= 0.3 is 5.97 Å². The van der Waals surface area contributed by atoms with Crippen LogP contribution in [0.15, 0.2) is 18.6 Å². The summed E-state index contributed by atoms with van der Waals surface area (Å²) in [5.41, 5.74) is 0.354. The number of hydrogen-bond donors (Lipinski definition) is 3. The van der Waals surface area contributed by atoms with Crippen LogP contribution in [0.25, 0.3) is 11.0 Å². The number of nitrogens with one attached hydrogen (secondary N) is 2. The predicted molar refractivity (Wildman–Crippen MR) is 60.7 cm³/mol. The van der Waals surface area contributed by atoms with Crippen molar-refractivity contribution in [2.24, 2.45) is 0 Å². The van der Waals surface area contributed by atoms with E-state index in [1.54, 1.807) is 6.20 Å². The Bertz CT molecular complexity index is 572. The van der Waals surface area contributed by atoms with Crippen LogP contribution in [0.5, 0.6) is 0 Å². The van der Waals surface area contributed by atoms with Crippen LogP contribution in [0.4, 0.5) is 0 Å². The van der Waals surface area contributed by atoms with Gasteiger partial charge in [-0.3, -0.25) is 4.79 Å². The molecule has 0 aromatic carbocycles. The largest absolute Gasteiger partial charge is 0.480 e. The van der Waals surface area contributed by atoms with Gasteiger partial charge in [-0.2, -0.15) is 0 Å². The number of nitrogens with zero attached hydrogens (tertiary/aromatic N) is 2. The van der Waals surface area contributed by atoms with Crippen molar-refractivity contribution >= 4 is 17.0 Å². The number of carboxylic acid groups (broad SMARTS) is 1. The van der Waals surface area contributed by atoms with Gasteiger partial charge in [-0.05, 0) is 19.0 Å². The molecule has 6 heteroatoms. The average molecular weight is 232 g/mol. The Kier molecular flexibility index (Phi) is 2.12. The Hall–Kier alpha value is -1.95. The third-order valence-corrected chi connectivity index (χ3v) is 3.37. The lowest BCUT2D eigenvalue weighted by Crippen LogP contribution is -2.39. The van der Waals surface area contributed by atoms with E-state index in [1.807, 2.05) is 6.07 Å². The van der Waals surface area contributed by atoms with Crippen LogP contribution in [-0.4, -0.2) is 39.1 Å². The summed E-state index contributed by atoms with van der Waals surface area (Å²) >= 11 is 0. The highest BCUT2D eigenvalue weighted by Crippen LogP contribution is 2.33. The van der Waals surface area contributed by atoms with Crippen molar-refractivity contribution in [1.29, 1.82) is 0 Å². The lowest BCUT2D eigenvalue weighted by molar-refractivity contribution is -0.143. The second-order valence-corrected chi connectivity index (χ2v) is 4.28. The SMILES string of the molecule is O=C(O)C1(c2ncnc3[nH]ccc23)CCNC1. The van der Waals surface area contributed by atoms with Crippen molar-refractivity contribution in [3.8, 4) is 0 Å². The van der Waals surface area contributed by atoms with Gasteiger partial charge in [0.1, 0.15) is 17.4 Å². The number of H-pyrrole nitrogens is 1. The summed E-state index contributed by atoms with van der Waals surface area (Å²) in [6, 6.07) is 1.83. The zero-order valence-corrected chi connectivity index (χ0v) is 9.10. The molecule has 2 aromatic rings. The van der Waals surface area contributed by atoms with E-state index in [0.29, 0.717) is 30.9 Å². The maximum absolute atomic E-state index is 11.6. The quantitative estimate of drug-likeness (QED) is 0.691. The summed E-state index contributed by atoms with van der Waals surface area (Å²) < 4.78 is 0. The van der Waals surface area contributed by atoms with E-state index >= 15 is 0 Å². The van der Waals surface area contributed by atoms with E-state index in [1.165, 1.54) is 6.33 Å². The van der Waals surface area contributed by atoms with E-state index in [2.05, 4.69) is 20.3 Å². The second-order valence-electron chi connectivity index (χ2n) is 4.28. The third-order valence-electron chi connectivity index (χ3n) is 3.37. The van der Waals surface area contributed by atoms with Crippen LogP contribution in [0.1, 0.15) is 12.1 Å². The number of aliphatic carboxylic acids is 1. The Balaban J connectivity index is 2.25. The van der Waals surface area contributed by atoms with E-state index in [0.717, 1.165) is 5.39 Å². The first-order valence-electron chi connectivity index (χ1n) is 5.47. The van der Waals surface area contributed by atoms with Gasteiger partial charge in [0.25, 0.3) is 0 Å². The minimum Gasteiger partial charge on any atom is -0.480 e. The van der Waals surface area contributed by atoms with Gasteiger partial charge in [-0.1, -0.05) is 0 Å². The molecular formula is C11H12N4O2. The highest BCUT2D eigenvalue weighted by molar-refractivity contribution is 5.89. The van der Waals surface area contributed by atoms with Crippen molar-refractivity contribution in [1.82, 2.24) is 20.3 Å². The molecule has 6 nitrogen and oxygen atoms in total. The highest BCUT2D eigenvalue weighted by atomic mass is 16.4. The number of aromatic nitrogens is 3. The van der Waals surface area contributed by atoms with Crippen LogP contribution < -0.4 is 5.32 Å². The second kappa shape index (κ2) is 3.53. The lowest BCUT2D eigenvalue weighted by atomic mass is 9.82. The van der Waals surface area contributed by atoms with Gasteiger partial charge in [0, 0.05) is 18.1 Å². The number of hydrogen-bond acceptors (Lipinski definition) is 4. The maximum atomic E-state index is 11.6. The van der Waals surface area contributed by atoms with Crippen molar-refractivity contribution < 1.29 is 9.90 Å². The first kappa shape index (κ1) is 10.2. The monoisotopic (exact) mass is 232 g/mol. The topological polar surface area (TPSA) is 90.9 Å². The molecule has 0 radical (unpaired) electrons. The molecule has 0 spiro atoms. The highest BCUT2D eigenvalue weighted by Gasteiger charge is 2.45. The summed E-state index contributed by atoms with van der Waals surface area (Å²) in [6.07, 6.45) is 3.72. The molecule has 1 saturated heterocycles. The van der Waals surface area contributed by atoms with Crippen molar-refractivity contribution in [3.63, 3.8) is 0 Å². The Morgan fingerprint density at radius 2 is 2.35 bits per heavy atom. The molecule has 1 aliphatic heterocycles. The first-order chi connectivity index (χ1) is 8.24. The first-order valence-corrected chi connectivity index (χ1v) is 5.47. The summed E-state index contributed by atoms with van der Waals surface area (Å²) in [5, 5.41) is 13.4. The van der Waals surface area contributed by atoms with Gasteiger partial charge in [0.2, 0.25) is 0 Å². The van der Waals surface area contributed by atoms with Gasteiger partial charge in [0.15, 0.2) is 0 Å². The lowest BCUT2D eigenvalue weighted by Gasteiger charge is -2.22. The molecule has 3 N–H and O–H groups in total. The molecule has 1 unspecified atom stereocenters. The van der Waals surface area contributed by atoms with Crippen LogP contribution in [0.3, 0.4) is 0 Å². The van der Waals surface area contributed by atoms with Gasteiger partial charge < -0.3 is 15.4 Å². The fourth-order valence-corrected chi connectivity index (χ4v) is 2.43. The molecule has 3 rings (SSSR count). The predicted octanol–water partition coefficient (Wildman–Crippen LogP) is 0.274. The molecule has 3 heterocycles. The molecule has 1 atom stereocenters. The minimum absolute atomic E-state index is 0.416. The molecule has 0 amide bonds. The molecule has 0 saturated carbocycles. The number of aromatic amines is 1. The fourth-order valence-electron chi connectivity index (χ4n) is 2.43. The third kappa shape index (κ3) is 1.34. The number of carboxylic acids is 1. The van der Waals surface area contributed by atoms with Crippen LogP contribution in [-0.2, 0) is 10.2 Å². The number of fused-ring (bicyclic) bond motifs is 1. The Morgan fingerprint density at radius 3 is 3.06 bits per heavy atom. The summed E-state index contributed by atoms with van der Waals surface area (Å²) in [7, 11) is 0. The van der Waals surface area contributed by atoms with Crippen LogP contribution >= 0.6 is 0 Å². The Morgan fingerprint density at radius 1 is 1.47 bits per heavy atom. The van der Waals surface area contributed by atoms with Gasteiger partial charge in [-0.25, -0.2) is 9.97 Å². The van der Waals surface area contributed by atoms with E-state index in [-0.39, 0.29) is 0 Å². The Labute approximate surface area is 97.1 Å². The molecule has 1 aliphatic rings. The number of carbonyl (C=O) groups is 1. The standard InChI is InChI=1S/C11H12N4O2/c16-10(17)11(2-4-12-5-11)8-7-1-3-13-9(7)15-6-14-8/h1,3,6,12H,2,4-5H2,(H,16,17)(H,13,14,15). The molecule has 2 aromatic heterocycles. The normalized spacial score (nSPS) is 24.2. The van der Waals surface area contributed by atoms with Crippen molar-refractivity contribution in [3.05, 3.63) is 24.3 Å². The number of rotatable bonds is 2. The zero-order chi connectivity index (χ0) is 11.9. The van der Waals surface area contributed by atoms with E-state index in [4.69, 9.17) is 0 Å². The summed E-state index contributed by atoms with van der Waals surface area (Å²) in [6.45, 7) is 1.11. The minimum atomic E-state index is -0.927. The molecule has 1 fully saturated rings. The summed E-state index contributed by atoms with van der Waals surface area (Å²) in [5.74, 6) is -0.830. The molecule has 0 bridgehead atoms. The van der Waals surface area contributed by atoms with Crippen LogP contribution in [0, 0.1) is 0 Å². The fraction of sp³-hybridized carbons (Fsp3) is 0.364. The van der Waals surface area contributed by atoms with E-state index < -0.39 is 11.4 Å². The van der Waals surface area contributed by atoms with Crippen LogP contribution in [0.2, 0.25) is 0 Å². The van der Waals surface area contributed by atoms with E-state index in [9.17, 15) is 9.90 Å². The van der Waals surface area contributed by atoms with Gasteiger partial charge in [0.05, 0.1) is 5.69 Å². The maximum Gasteiger partial charge on any atom is 0.317 e.